The lowest BCUT2D eigenvalue weighted by atomic mass is 10.0. The summed E-state index contributed by atoms with van der Waals surface area (Å²) < 4.78 is 27.4. The van der Waals surface area contributed by atoms with E-state index in [2.05, 4.69) is 15.0 Å². The minimum Gasteiger partial charge on any atom is -0.384 e. The van der Waals surface area contributed by atoms with Crippen molar-refractivity contribution in [2.75, 3.05) is 0 Å². The number of benzene rings is 1. The molecule has 1 saturated carbocycles. The summed E-state index contributed by atoms with van der Waals surface area (Å²) in [6, 6.07) is 5.65. The van der Waals surface area contributed by atoms with Crippen LogP contribution in [-0.4, -0.2) is 19.5 Å². The highest BCUT2D eigenvalue weighted by Crippen LogP contribution is 2.36. The number of hydrogen-bond donors (Lipinski definition) is 4. The van der Waals surface area contributed by atoms with E-state index in [9.17, 15) is 8.42 Å². The highest BCUT2D eigenvalue weighted by Gasteiger charge is 2.39. The average Bonchev–Trinajstić information content (AvgIpc) is 3.31. The third-order valence-corrected chi connectivity index (χ3v) is 6.76. The first-order valence-electron chi connectivity index (χ1n) is 8.10. The largest absolute Gasteiger partial charge is 0.384 e. The van der Waals surface area contributed by atoms with Gasteiger partial charge in [0.2, 0.25) is 15.8 Å². The molecule has 0 spiro atoms. The Morgan fingerprint density at radius 1 is 1.29 bits per heavy atom. The molecule has 8 heteroatoms. The van der Waals surface area contributed by atoms with Crippen LogP contribution in [0, 0.1) is 0 Å². The van der Waals surface area contributed by atoms with Crippen molar-refractivity contribution < 1.29 is 8.42 Å². The van der Waals surface area contributed by atoms with E-state index in [0.29, 0.717) is 5.84 Å². The first-order chi connectivity index (χ1) is 11.4. The molecule has 1 aliphatic heterocycles. The van der Waals surface area contributed by atoms with Gasteiger partial charge in [-0.2, -0.15) is 0 Å². The fraction of sp³-hybridized carbons (Fsp3) is 0.438. The molecule has 1 aromatic carbocycles. The van der Waals surface area contributed by atoms with Crippen molar-refractivity contribution >= 4 is 15.9 Å². The summed E-state index contributed by atoms with van der Waals surface area (Å²) in [5, 5.41) is 2.79. The number of rotatable bonds is 4. The molecular formula is C16H21N5O2S. The zero-order chi connectivity index (χ0) is 16.9. The van der Waals surface area contributed by atoms with Gasteiger partial charge in [0.25, 0.3) is 0 Å². The number of hydrogen-bond acceptors (Lipinski definition) is 6. The summed E-state index contributed by atoms with van der Waals surface area (Å²) in [5.41, 5.74) is 15.0. The van der Waals surface area contributed by atoms with E-state index in [4.69, 9.17) is 11.5 Å². The summed E-state index contributed by atoms with van der Waals surface area (Å²) >= 11 is 0. The van der Waals surface area contributed by atoms with Gasteiger partial charge in [0.05, 0.1) is 5.25 Å². The summed E-state index contributed by atoms with van der Waals surface area (Å²) in [4.78, 5) is 4.28. The van der Waals surface area contributed by atoms with Crippen molar-refractivity contribution in [2.24, 2.45) is 16.5 Å². The second kappa shape index (κ2) is 5.30. The Balaban J connectivity index is 1.65. The van der Waals surface area contributed by atoms with Crippen LogP contribution < -0.4 is 21.5 Å². The highest BCUT2D eigenvalue weighted by atomic mass is 32.2. The van der Waals surface area contributed by atoms with Crippen molar-refractivity contribution in [2.45, 2.75) is 42.8 Å². The predicted molar refractivity (Wildman–Crippen MR) is 92.3 cm³/mol. The molecular weight excluding hydrogens is 326 g/mol. The maximum Gasteiger partial charge on any atom is 0.215 e. The molecule has 2 unspecified atom stereocenters. The number of sulfonamides is 1. The van der Waals surface area contributed by atoms with E-state index < -0.39 is 15.8 Å². The molecule has 128 valence electrons. The Morgan fingerprint density at radius 2 is 2.08 bits per heavy atom. The minimum atomic E-state index is -3.23. The molecule has 1 fully saturated rings. The van der Waals surface area contributed by atoms with Crippen molar-refractivity contribution in [3.8, 4) is 0 Å². The van der Waals surface area contributed by atoms with Crippen LogP contribution in [0.4, 0.5) is 0 Å². The molecule has 0 aromatic heterocycles. The number of aliphatic imine (C=N–C) groups is 1. The molecule has 7 nitrogen and oxygen atoms in total. The maximum atomic E-state index is 12.3. The van der Waals surface area contributed by atoms with Gasteiger partial charge in [0, 0.05) is 17.8 Å². The van der Waals surface area contributed by atoms with Gasteiger partial charge in [-0.1, -0.05) is 12.1 Å². The van der Waals surface area contributed by atoms with Gasteiger partial charge >= 0.3 is 0 Å². The second-order valence-corrected chi connectivity index (χ2v) is 8.64. The fourth-order valence-corrected chi connectivity index (χ4v) is 4.90. The SMILES string of the molecule is NC1=NC(N)(c2ccc3c(c2)C(NS(=O)(=O)C2CC2)CC3)NC=C1. The number of aryl methyl sites for hydroxylation is 1. The van der Waals surface area contributed by atoms with Crippen molar-refractivity contribution in [3.63, 3.8) is 0 Å². The van der Waals surface area contributed by atoms with Gasteiger partial charge in [-0.05, 0) is 49.0 Å². The van der Waals surface area contributed by atoms with Crippen LogP contribution in [0.15, 0.2) is 35.5 Å². The van der Waals surface area contributed by atoms with Gasteiger partial charge in [-0.3, -0.25) is 5.73 Å². The summed E-state index contributed by atoms with van der Waals surface area (Å²) in [7, 11) is -3.23. The highest BCUT2D eigenvalue weighted by molar-refractivity contribution is 7.90. The Bertz CT molecular complexity index is 844. The quantitative estimate of drug-likeness (QED) is 0.624. The van der Waals surface area contributed by atoms with Crippen LogP contribution in [0.1, 0.15) is 42.0 Å². The Labute approximate surface area is 141 Å². The van der Waals surface area contributed by atoms with E-state index in [1.54, 1.807) is 12.3 Å². The molecule has 24 heavy (non-hydrogen) atoms. The van der Waals surface area contributed by atoms with Gasteiger partial charge in [0.1, 0.15) is 5.84 Å². The first-order valence-corrected chi connectivity index (χ1v) is 9.65. The van der Waals surface area contributed by atoms with Gasteiger partial charge in [0.15, 0.2) is 0 Å². The predicted octanol–water partition coefficient (Wildman–Crippen LogP) is 0.299. The van der Waals surface area contributed by atoms with E-state index in [1.807, 2.05) is 18.2 Å². The first kappa shape index (κ1) is 15.6. The van der Waals surface area contributed by atoms with Crippen LogP contribution in [0.25, 0.3) is 0 Å². The molecule has 0 radical (unpaired) electrons. The zero-order valence-corrected chi connectivity index (χ0v) is 14.0. The summed E-state index contributed by atoms with van der Waals surface area (Å²) in [6.07, 6.45) is 6.44. The maximum absolute atomic E-state index is 12.3. The van der Waals surface area contributed by atoms with Crippen molar-refractivity contribution in [3.05, 3.63) is 47.2 Å². The molecule has 1 aromatic rings. The smallest absolute Gasteiger partial charge is 0.215 e. The lowest BCUT2D eigenvalue weighted by molar-refractivity contribution is 0.409. The van der Waals surface area contributed by atoms with E-state index >= 15 is 0 Å². The third kappa shape index (κ3) is 2.70. The Hall–Kier alpha value is -1.90. The lowest BCUT2D eigenvalue weighted by Crippen LogP contribution is -2.49. The van der Waals surface area contributed by atoms with Crippen LogP contribution in [-0.2, 0) is 22.2 Å². The van der Waals surface area contributed by atoms with E-state index in [1.165, 1.54) is 0 Å². The van der Waals surface area contributed by atoms with Crippen molar-refractivity contribution in [1.82, 2.24) is 10.0 Å². The number of nitrogens with two attached hydrogens (primary N) is 2. The molecule has 2 aliphatic carbocycles. The molecule has 3 aliphatic rings. The zero-order valence-electron chi connectivity index (χ0n) is 13.2. The van der Waals surface area contributed by atoms with Crippen LogP contribution in [0.5, 0.6) is 0 Å². The topological polar surface area (TPSA) is 123 Å². The Morgan fingerprint density at radius 3 is 2.79 bits per heavy atom. The van der Waals surface area contributed by atoms with Gasteiger partial charge in [-0.15, -0.1) is 0 Å². The van der Waals surface area contributed by atoms with E-state index in [-0.39, 0.29) is 11.3 Å². The number of amidine groups is 1. The van der Waals surface area contributed by atoms with Gasteiger partial charge < -0.3 is 11.1 Å². The molecule has 6 N–H and O–H groups in total. The number of fused-ring (bicyclic) bond motifs is 1. The molecule has 0 saturated heterocycles. The Kier molecular flexibility index (Phi) is 3.45. The molecule has 0 amide bonds. The van der Waals surface area contributed by atoms with Crippen LogP contribution in [0.3, 0.4) is 0 Å². The third-order valence-electron chi connectivity index (χ3n) is 4.80. The van der Waals surface area contributed by atoms with Crippen LogP contribution in [0.2, 0.25) is 0 Å². The monoisotopic (exact) mass is 347 g/mol. The lowest BCUT2D eigenvalue weighted by Gasteiger charge is -2.29. The fourth-order valence-electron chi connectivity index (χ4n) is 3.31. The minimum absolute atomic E-state index is 0.199. The van der Waals surface area contributed by atoms with Crippen LogP contribution >= 0.6 is 0 Å². The number of nitrogens with zero attached hydrogens (tertiary/aromatic N) is 1. The molecule has 4 rings (SSSR count). The standard InChI is InChI=1S/C16H21N5O2S/c17-15-7-8-19-16(18,20-15)11-3-1-10-2-6-14(13(10)9-11)21-24(22,23)12-4-5-12/h1,3,7-9,12,14,19,21H,2,4-6,18H2,(H2,17,20). The number of nitrogens with one attached hydrogen (secondary N) is 2. The second-order valence-electron chi connectivity index (χ2n) is 6.65. The van der Waals surface area contributed by atoms with Gasteiger partial charge in [-0.25, -0.2) is 18.1 Å². The van der Waals surface area contributed by atoms with E-state index in [0.717, 1.165) is 42.4 Å². The molecule has 1 heterocycles. The molecule has 2 atom stereocenters. The van der Waals surface area contributed by atoms with Crippen molar-refractivity contribution in [1.29, 1.82) is 0 Å². The summed E-state index contributed by atoms with van der Waals surface area (Å²) in [6.45, 7) is 0. The molecule has 0 bridgehead atoms. The average molecular weight is 347 g/mol. The summed E-state index contributed by atoms with van der Waals surface area (Å²) in [5.74, 6) is -0.779. The normalized spacial score (nSPS) is 29.0.